The van der Waals surface area contributed by atoms with E-state index in [0.717, 1.165) is 17.7 Å². The molecule has 0 atom stereocenters. The van der Waals surface area contributed by atoms with Crippen LogP contribution in [0.1, 0.15) is 5.56 Å². The Hall–Kier alpha value is -2.14. The molecule has 0 amide bonds. The normalized spacial score (nSPS) is 10.1. The van der Waals surface area contributed by atoms with E-state index in [1.54, 1.807) is 12.1 Å². The van der Waals surface area contributed by atoms with Crippen LogP contribution in [0.5, 0.6) is 0 Å². The highest BCUT2D eigenvalue weighted by Crippen LogP contribution is 2.10. The molecule has 0 saturated carbocycles. The van der Waals surface area contributed by atoms with E-state index in [1.165, 1.54) is 12.1 Å². The van der Waals surface area contributed by atoms with E-state index in [0.29, 0.717) is 17.3 Å². The number of halogens is 1. The molecular formula is C15H16FN3S. The van der Waals surface area contributed by atoms with E-state index in [2.05, 4.69) is 10.6 Å². The smallest absolute Gasteiger partial charge is 0.170 e. The van der Waals surface area contributed by atoms with Crippen molar-refractivity contribution in [3.05, 3.63) is 59.9 Å². The second-order valence-electron chi connectivity index (χ2n) is 4.38. The Morgan fingerprint density at radius 3 is 2.35 bits per heavy atom. The van der Waals surface area contributed by atoms with Gasteiger partial charge in [0.25, 0.3) is 0 Å². The zero-order valence-corrected chi connectivity index (χ0v) is 11.7. The van der Waals surface area contributed by atoms with Crippen molar-refractivity contribution in [2.24, 2.45) is 0 Å². The summed E-state index contributed by atoms with van der Waals surface area (Å²) >= 11 is 5.19. The molecule has 0 unspecified atom stereocenters. The van der Waals surface area contributed by atoms with Crippen LogP contribution in [0.2, 0.25) is 0 Å². The van der Waals surface area contributed by atoms with Crippen molar-refractivity contribution >= 4 is 28.7 Å². The summed E-state index contributed by atoms with van der Waals surface area (Å²) in [6.45, 7) is 0.687. The van der Waals surface area contributed by atoms with Crippen LogP contribution in [-0.2, 0) is 6.42 Å². The lowest BCUT2D eigenvalue weighted by molar-refractivity contribution is 0.627. The molecule has 2 aromatic carbocycles. The number of hydrogen-bond donors (Lipinski definition) is 3. The average molecular weight is 289 g/mol. The van der Waals surface area contributed by atoms with Crippen LogP contribution < -0.4 is 16.4 Å². The van der Waals surface area contributed by atoms with Gasteiger partial charge in [-0.1, -0.05) is 12.1 Å². The quantitative estimate of drug-likeness (QED) is 0.598. The van der Waals surface area contributed by atoms with Crippen molar-refractivity contribution < 1.29 is 4.39 Å². The first-order valence-corrected chi connectivity index (χ1v) is 6.69. The molecule has 2 aromatic rings. The Labute approximate surface area is 123 Å². The summed E-state index contributed by atoms with van der Waals surface area (Å²) in [6, 6.07) is 13.8. The largest absolute Gasteiger partial charge is 0.399 e. The molecule has 0 aliphatic heterocycles. The Morgan fingerprint density at radius 2 is 1.70 bits per heavy atom. The highest BCUT2D eigenvalue weighted by molar-refractivity contribution is 7.80. The third-order valence-electron chi connectivity index (χ3n) is 2.78. The maximum absolute atomic E-state index is 12.8. The van der Waals surface area contributed by atoms with Crippen LogP contribution in [0, 0.1) is 5.82 Å². The summed E-state index contributed by atoms with van der Waals surface area (Å²) in [5, 5.41) is 6.73. The minimum absolute atomic E-state index is 0.220. The zero-order valence-electron chi connectivity index (χ0n) is 10.9. The number of thiocarbonyl (C=S) groups is 1. The second-order valence-corrected chi connectivity index (χ2v) is 4.79. The minimum Gasteiger partial charge on any atom is -0.399 e. The summed E-state index contributed by atoms with van der Waals surface area (Å²) < 4.78 is 12.8. The van der Waals surface area contributed by atoms with Gasteiger partial charge in [-0.3, -0.25) is 0 Å². The van der Waals surface area contributed by atoms with E-state index < -0.39 is 0 Å². The molecule has 0 spiro atoms. The van der Waals surface area contributed by atoms with Gasteiger partial charge in [0.2, 0.25) is 0 Å². The van der Waals surface area contributed by atoms with Crippen molar-refractivity contribution in [1.29, 1.82) is 0 Å². The van der Waals surface area contributed by atoms with Gasteiger partial charge in [-0.15, -0.1) is 0 Å². The summed E-state index contributed by atoms with van der Waals surface area (Å²) in [5.41, 5.74) is 8.27. The van der Waals surface area contributed by atoms with Gasteiger partial charge in [-0.05, 0) is 60.6 Å². The molecule has 5 heteroatoms. The number of nitrogens with one attached hydrogen (secondary N) is 2. The SMILES string of the molecule is Nc1ccc(NC(=S)NCCc2ccc(F)cc2)cc1. The predicted octanol–water partition coefficient (Wildman–Crippen LogP) is 2.94. The van der Waals surface area contributed by atoms with Gasteiger partial charge < -0.3 is 16.4 Å². The van der Waals surface area contributed by atoms with E-state index in [4.69, 9.17) is 18.0 Å². The molecule has 0 bridgehead atoms. The molecule has 0 aliphatic carbocycles. The number of nitrogen functional groups attached to an aromatic ring is 1. The molecule has 0 aliphatic rings. The minimum atomic E-state index is -0.220. The van der Waals surface area contributed by atoms with Gasteiger partial charge in [0.15, 0.2) is 5.11 Å². The van der Waals surface area contributed by atoms with Crippen LogP contribution >= 0.6 is 12.2 Å². The number of hydrogen-bond acceptors (Lipinski definition) is 2. The lowest BCUT2D eigenvalue weighted by Crippen LogP contribution is -2.30. The summed E-state index contributed by atoms with van der Waals surface area (Å²) in [7, 11) is 0. The molecule has 0 fully saturated rings. The predicted molar refractivity (Wildman–Crippen MR) is 85.2 cm³/mol. The van der Waals surface area contributed by atoms with E-state index in [-0.39, 0.29) is 5.82 Å². The first kappa shape index (κ1) is 14.3. The van der Waals surface area contributed by atoms with Crippen LogP contribution in [0.4, 0.5) is 15.8 Å². The van der Waals surface area contributed by atoms with Crippen molar-refractivity contribution in [2.45, 2.75) is 6.42 Å². The standard InChI is InChI=1S/C15H16FN3S/c16-12-3-1-11(2-4-12)9-10-18-15(20)19-14-7-5-13(17)6-8-14/h1-8H,9-10,17H2,(H2,18,19,20). The highest BCUT2D eigenvalue weighted by atomic mass is 32.1. The van der Waals surface area contributed by atoms with Gasteiger partial charge in [-0.2, -0.15) is 0 Å². The van der Waals surface area contributed by atoms with Gasteiger partial charge in [0.05, 0.1) is 0 Å². The van der Waals surface area contributed by atoms with Gasteiger partial charge in [0, 0.05) is 17.9 Å². The fourth-order valence-corrected chi connectivity index (χ4v) is 1.93. The van der Waals surface area contributed by atoms with Gasteiger partial charge >= 0.3 is 0 Å². The van der Waals surface area contributed by atoms with Gasteiger partial charge in [-0.25, -0.2) is 4.39 Å². The maximum atomic E-state index is 12.8. The monoisotopic (exact) mass is 289 g/mol. The number of nitrogens with two attached hydrogens (primary N) is 1. The van der Waals surface area contributed by atoms with Crippen LogP contribution in [0.25, 0.3) is 0 Å². The Kier molecular flexibility index (Phi) is 4.90. The van der Waals surface area contributed by atoms with E-state index >= 15 is 0 Å². The molecule has 4 N–H and O–H groups in total. The summed E-state index contributed by atoms with van der Waals surface area (Å²) in [5.74, 6) is -0.220. The Balaban J connectivity index is 1.75. The van der Waals surface area contributed by atoms with Crippen molar-refractivity contribution in [3.63, 3.8) is 0 Å². The average Bonchev–Trinajstić information content (AvgIpc) is 2.44. The topological polar surface area (TPSA) is 50.1 Å². The first-order chi connectivity index (χ1) is 9.63. The molecule has 0 radical (unpaired) electrons. The molecule has 0 heterocycles. The molecule has 3 nitrogen and oxygen atoms in total. The second kappa shape index (κ2) is 6.86. The zero-order chi connectivity index (χ0) is 14.4. The van der Waals surface area contributed by atoms with Gasteiger partial charge in [0.1, 0.15) is 5.82 Å². The summed E-state index contributed by atoms with van der Waals surface area (Å²) in [6.07, 6.45) is 0.782. The lowest BCUT2D eigenvalue weighted by atomic mass is 10.1. The molecule has 104 valence electrons. The van der Waals surface area contributed by atoms with Crippen LogP contribution in [0.15, 0.2) is 48.5 Å². The highest BCUT2D eigenvalue weighted by Gasteiger charge is 1.98. The van der Waals surface area contributed by atoms with Crippen LogP contribution in [-0.4, -0.2) is 11.7 Å². The Bertz CT molecular complexity index is 567. The molecule has 0 aromatic heterocycles. The van der Waals surface area contributed by atoms with Crippen molar-refractivity contribution in [2.75, 3.05) is 17.6 Å². The lowest BCUT2D eigenvalue weighted by Gasteiger charge is -2.10. The molecule has 0 saturated heterocycles. The number of anilines is 2. The fourth-order valence-electron chi connectivity index (χ4n) is 1.71. The molecule has 2 rings (SSSR count). The maximum Gasteiger partial charge on any atom is 0.170 e. The van der Waals surface area contributed by atoms with Crippen molar-refractivity contribution in [3.8, 4) is 0 Å². The Morgan fingerprint density at radius 1 is 1.05 bits per heavy atom. The molecule has 20 heavy (non-hydrogen) atoms. The molecular weight excluding hydrogens is 273 g/mol. The van der Waals surface area contributed by atoms with Crippen molar-refractivity contribution in [1.82, 2.24) is 5.32 Å². The first-order valence-electron chi connectivity index (χ1n) is 6.28. The third-order valence-corrected chi connectivity index (χ3v) is 3.03. The number of benzene rings is 2. The van der Waals surface area contributed by atoms with E-state index in [9.17, 15) is 4.39 Å². The third kappa shape index (κ3) is 4.51. The fraction of sp³-hybridized carbons (Fsp3) is 0.133. The number of rotatable bonds is 4. The summed E-state index contributed by atoms with van der Waals surface area (Å²) in [4.78, 5) is 0. The van der Waals surface area contributed by atoms with E-state index in [1.807, 2.05) is 24.3 Å². The van der Waals surface area contributed by atoms with Crippen LogP contribution in [0.3, 0.4) is 0 Å².